The van der Waals surface area contributed by atoms with Crippen LogP contribution in [0.5, 0.6) is 0 Å². The Morgan fingerprint density at radius 3 is 2.56 bits per heavy atom. The Morgan fingerprint density at radius 1 is 1.15 bits per heavy atom. The van der Waals surface area contributed by atoms with Crippen LogP contribution in [0.25, 0.3) is 11.4 Å². The van der Waals surface area contributed by atoms with Crippen LogP contribution >= 0.6 is 0 Å². The number of piperidine rings is 1. The molecule has 3 heterocycles. The van der Waals surface area contributed by atoms with Gasteiger partial charge < -0.3 is 5.32 Å². The molecule has 0 saturated carbocycles. The number of rotatable bonds is 3. The Bertz CT molecular complexity index is 812. The van der Waals surface area contributed by atoms with E-state index in [4.69, 9.17) is 0 Å². The molecule has 0 aliphatic carbocycles. The fourth-order valence-electron chi connectivity index (χ4n) is 4.21. The molecule has 1 aromatic heterocycles. The lowest BCUT2D eigenvalue weighted by molar-refractivity contribution is -0.140. The van der Waals surface area contributed by atoms with Crippen molar-refractivity contribution in [1.29, 1.82) is 0 Å². The molecule has 6 nitrogen and oxygen atoms in total. The van der Waals surface area contributed by atoms with Gasteiger partial charge in [-0.2, -0.15) is 0 Å². The number of likely N-dealkylation sites (N-methyl/N-ethyl adjacent to an activating group) is 1. The summed E-state index contributed by atoms with van der Waals surface area (Å²) in [4.78, 5) is 26.2. The van der Waals surface area contributed by atoms with Crippen LogP contribution in [0.4, 0.5) is 0 Å². The number of aromatic nitrogens is 2. The average molecular weight is 365 g/mol. The summed E-state index contributed by atoms with van der Waals surface area (Å²) in [6, 6.07) is 8.25. The summed E-state index contributed by atoms with van der Waals surface area (Å²) in [6.45, 7) is 6.42. The van der Waals surface area contributed by atoms with Gasteiger partial charge in [-0.3, -0.25) is 14.6 Å². The van der Waals surface area contributed by atoms with Crippen LogP contribution in [-0.2, 0) is 11.3 Å². The lowest BCUT2D eigenvalue weighted by Gasteiger charge is -2.48. The third-order valence-electron chi connectivity index (χ3n) is 5.96. The highest BCUT2D eigenvalue weighted by molar-refractivity contribution is 5.87. The maximum Gasteiger partial charge on any atom is 0.240 e. The first-order valence-corrected chi connectivity index (χ1v) is 9.67. The maximum atomic E-state index is 12.5. The van der Waals surface area contributed by atoms with Crippen molar-refractivity contribution in [1.82, 2.24) is 25.1 Å². The van der Waals surface area contributed by atoms with Gasteiger partial charge in [-0.05, 0) is 32.9 Å². The zero-order valence-corrected chi connectivity index (χ0v) is 16.1. The second kappa shape index (κ2) is 7.37. The van der Waals surface area contributed by atoms with Gasteiger partial charge in [0.1, 0.15) is 5.54 Å². The van der Waals surface area contributed by atoms with Crippen molar-refractivity contribution in [2.45, 2.75) is 31.8 Å². The number of nitrogens with one attached hydrogen (secondary N) is 1. The van der Waals surface area contributed by atoms with E-state index in [1.165, 1.54) is 5.56 Å². The number of benzene rings is 1. The zero-order chi connectivity index (χ0) is 18.9. The molecule has 2 saturated heterocycles. The smallest absolute Gasteiger partial charge is 0.240 e. The van der Waals surface area contributed by atoms with E-state index in [1.807, 2.05) is 24.5 Å². The summed E-state index contributed by atoms with van der Waals surface area (Å²) < 4.78 is 0. The molecule has 0 radical (unpaired) electrons. The van der Waals surface area contributed by atoms with E-state index < -0.39 is 0 Å². The number of nitrogens with zero attached hydrogens (tertiary/aromatic N) is 4. The van der Waals surface area contributed by atoms with Crippen molar-refractivity contribution >= 4 is 5.91 Å². The maximum absolute atomic E-state index is 12.5. The molecular formula is C21H27N5O. The van der Waals surface area contributed by atoms with Crippen molar-refractivity contribution in [3.63, 3.8) is 0 Å². The molecule has 1 N–H and O–H groups in total. The fourth-order valence-corrected chi connectivity index (χ4v) is 4.21. The summed E-state index contributed by atoms with van der Waals surface area (Å²) in [7, 11) is 2.08. The lowest BCUT2D eigenvalue weighted by atomic mass is 9.83. The number of hydrogen-bond acceptors (Lipinski definition) is 5. The Balaban J connectivity index is 1.39. The first kappa shape index (κ1) is 18.1. The number of aryl methyl sites for hydroxylation is 1. The molecule has 1 aromatic carbocycles. The topological polar surface area (TPSA) is 61.4 Å². The van der Waals surface area contributed by atoms with Gasteiger partial charge >= 0.3 is 0 Å². The van der Waals surface area contributed by atoms with Crippen molar-refractivity contribution in [2.24, 2.45) is 0 Å². The first-order chi connectivity index (χ1) is 13.1. The number of hydrogen-bond donors (Lipinski definition) is 1. The summed E-state index contributed by atoms with van der Waals surface area (Å²) in [5, 5.41) is 3.04. The molecule has 0 atom stereocenters. The molecule has 2 aliphatic rings. The summed E-state index contributed by atoms with van der Waals surface area (Å²) in [5.41, 5.74) is 3.05. The Kier molecular flexibility index (Phi) is 4.93. The molecule has 2 aromatic rings. The van der Waals surface area contributed by atoms with Crippen molar-refractivity contribution in [3.05, 3.63) is 47.8 Å². The second-order valence-electron chi connectivity index (χ2n) is 7.77. The largest absolute Gasteiger partial charge is 0.353 e. The molecule has 0 unspecified atom stereocenters. The Labute approximate surface area is 160 Å². The first-order valence-electron chi connectivity index (χ1n) is 9.67. The molecule has 4 rings (SSSR count). The number of amides is 1. The van der Waals surface area contributed by atoms with Gasteiger partial charge in [0.15, 0.2) is 5.82 Å². The molecule has 142 valence electrons. The second-order valence-corrected chi connectivity index (χ2v) is 7.77. The van der Waals surface area contributed by atoms with Crippen LogP contribution in [0.1, 0.15) is 24.0 Å². The van der Waals surface area contributed by atoms with Gasteiger partial charge in [0.05, 0.1) is 0 Å². The standard InChI is InChI=1S/C21H27N5O/c1-16-4-3-5-18(12-16)19-23-13-17(14-24-19)15-26-9-6-21(7-10-26)20(27)22-8-11-25(21)2/h3-5,12-14H,6-11,15H2,1-2H3,(H,22,27). The van der Waals surface area contributed by atoms with Crippen LogP contribution in [-0.4, -0.2) is 64.4 Å². The molecule has 0 bridgehead atoms. The van der Waals surface area contributed by atoms with Gasteiger partial charge in [0, 0.05) is 56.2 Å². The predicted octanol–water partition coefficient (Wildman–Crippen LogP) is 1.85. The molecular weight excluding hydrogens is 338 g/mol. The number of carbonyl (C=O) groups excluding carboxylic acids is 1. The third-order valence-corrected chi connectivity index (χ3v) is 5.96. The van der Waals surface area contributed by atoms with Crippen LogP contribution in [0.2, 0.25) is 0 Å². The van der Waals surface area contributed by atoms with Gasteiger partial charge in [-0.25, -0.2) is 9.97 Å². The Morgan fingerprint density at radius 2 is 1.89 bits per heavy atom. The van der Waals surface area contributed by atoms with Crippen molar-refractivity contribution in [2.75, 3.05) is 33.2 Å². The molecule has 27 heavy (non-hydrogen) atoms. The van der Waals surface area contributed by atoms with Crippen LogP contribution < -0.4 is 5.32 Å². The minimum atomic E-state index is -0.319. The predicted molar refractivity (Wildman–Crippen MR) is 105 cm³/mol. The third kappa shape index (κ3) is 3.59. The van der Waals surface area contributed by atoms with Crippen LogP contribution in [0, 0.1) is 6.92 Å². The van der Waals surface area contributed by atoms with E-state index >= 15 is 0 Å². The average Bonchev–Trinajstić information content (AvgIpc) is 2.68. The van der Waals surface area contributed by atoms with Gasteiger partial charge in [-0.1, -0.05) is 23.8 Å². The van der Waals surface area contributed by atoms with Gasteiger partial charge in [0.2, 0.25) is 5.91 Å². The summed E-state index contributed by atoms with van der Waals surface area (Å²) in [6.07, 6.45) is 5.60. The minimum Gasteiger partial charge on any atom is -0.353 e. The van der Waals surface area contributed by atoms with E-state index in [1.54, 1.807) is 0 Å². The molecule has 2 aliphatic heterocycles. The van der Waals surface area contributed by atoms with Crippen molar-refractivity contribution in [3.8, 4) is 11.4 Å². The molecule has 6 heteroatoms. The van der Waals surface area contributed by atoms with Crippen LogP contribution in [0.3, 0.4) is 0 Å². The number of piperazine rings is 1. The highest BCUT2D eigenvalue weighted by atomic mass is 16.2. The molecule has 1 amide bonds. The van der Waals surface area contributed by atoms with Gasteiger partial charge in [-0.15, -0.1) is 0 Å². The van der Waals surface area contributed by atoms with Gasteiger partial charge in [0.25, 0.3) is 0 Å². The quantitative estimate of drug-likeness (QED) is 0.899. The van der Waals surface area contributed by atoms with Crippen molar-refractivity contribution < 1.29 is 4.79 Å². The number of likely N-dealkylation sites (tertiary alicyclic amines) is 1. The zero-order valence-electron chi connectivity index (χ0n) is 16.1. The highest BCUT2D eigenvalue weighted by Gasteiger charge is 2.46. The summed E-state index contributed by atoms with van der Waals surface area (Å²) in [5.74, 6) is 0.960. The molecule has 2 fully saturated rings. The van der Waals surface area contributed by atoms with E-state index in [9.17, 15) is 4.79 Å². The lowest BCUT2D eigenvalue weighted by Crippen LogP contribution is -2.66. The fraction of sp³-hybridized carbons (Fsp3) is 0.476. The number of carbonyl (C=O) groups is 1. The van der Waals surface area contributed by atoms with E-state index in [2.05, 4.69) is 51.2 Å². The minimum absolute atomic E-state index is 0.196. The van der Waals surface area contributed by atoms with E-state index in [0.29, 0.717) is 0 Å². The van der Waals surface area contributed by atoms with E-state index in [0.717, 1.165) is 62.5 Å². The monoisotopic (exact) mass is 365 g/mol. The summed E-state index contributed by atoms with van der Waals surface area (Å²) >= 11 is 0. The highest BCUT2D eigenvalue weighted by Crippen LogP contribution is 2.30. The molecule has 1 spiro atoms. The SMILES string of the molecule is Cc1cccc(-c2ncc(CN3CCC4(CC3)C(=O)NCCN4C)cn2)c1. The Hall–Kier alpha value is -2.31. The normalized spacial score (nSPS) is 20.6. The van der Waals surface area contributed by atoms with Crippen LogP contribution in [0.15, 0.2) is 36.7 Å². The van der Waals surface area contributed by atoms with E-state index in [-0.39, 0.29) is 11.4 Å².